The Balaban J connectivity index is 2.29. The van der Waals surface area contributed by atoms with E-state index in [0.29, 0.717) is 6.04 Å². The van der Waals surface area contributed by atoms with E-state index < -0.39 is 0 Å². The molecule has 1 N–H and O–H groups in total. The highest BCUT2D eigenvalue weighted by molar-refractivity contribution is 6.19. The van der Waals surface area contributed by atoms with Gasteiger partial charge in [0.15, 0.2) is 0 Å². The van der Waals surface area contributed by atoms with Crippen molar-refractivity contribution in [1.29, 1.82) is 0 Å². The molecule has 86 valence electrons. The quantitative estimate of drug-likeness (QED) is 0.706. The van der Waals surface area contributed by atoms with Crippen LogP contribution in [-0.4, -0.2) is 42.2 Å². The standard InChI is InChI=1S/C10H17ClN2O2/c1-7(5-11)10(15)13(2)6-9(14)12-8-3-4-8/h7-8H,3-6H2,1-2H3,(H,12,14). The van der Waals surface area contributed by atoms with E-state index in [9.17, 15) is 9.59 Å². The highest BCUT2D eigenvalue weighted by Gasteiger charge is 2.25. The van der Waals surface area contributed by atoms with Crippen molar-refractivity contribution in [2.75, 3.05) is 19.5 Å². The Labute approximate surface area is 95.0 Å². The maximum absolute atomic E-state index is 11.6. The summed E-state index contributed by atoms with van der Waals surface area (Å²) in [6, 6.07) is 0.339. The predicted octanol–water partition coefficient (Wildman–Crippen LogP) is 0.598. The Morgan fingerprint density at radius 3 is 2.60 bits per heavy atom. The van der Waals surface area contributed by atoms with E-state index in [1.807, 2.05) is 0 Å². The van der Waals surface area contributed by atoms with Crippen molar-refractivity contribution in [3.63, 3.8) is 0 Å². The number of hydrogen-bond acceptors (Lipinski definition) is 2. The molecule has 0 aromatic heterocycles. The van der Waals surface area contributed by atoms with Crippen molar-refractivity contribution in [2.45, 2.75) is 25.8 Å². The Hall–Kier alpha value is -0.770. The first-order valence-corrected chi connectivity index (χ1v) is 5.68. The van der Waals surface area contributed by atoms with Gasteiger partial charge in [0, 0.05) is 24.9 Å². The van der Waals surface area contributed by atoms with Crippen molar-refractivity contribution < 1.29 is 9.59 Å². The van der Waals surface area contributed by atoms with E-state index in [0.717, 1.165) is 12.8 Å². The van der Waals surface area contributed by atoms with Crippen LogP contribution in [0.4, 0.5) is 0 Å². The molecule has 1 aliphatic rings. The van der Waals surface area contributed by atoms with Crippen LogP contribution in [0.25, 0.3) is 0 Å². The Morgan fingerprint density at radius 2 is 2.13 bits per heavy atom. The number of carbonyl (C=O) groups excluding carboxylic acids is 2. The van der Waals surface area contributed by atoms with Gasteiger partial charge in [-0.2, -0.15) is 0 Å². The van der Waals surface area contributed by atoms with Gasteiger partial charge in [-0.15, -0.1) is 11.6 Å². The van der Waals surface area contributed by atoms with E-state index in [1.165, 1.54) is 4.90 Å². The fourth-order valence-electron chi connectivity index (χ4n) is 1.24. The number of carbonyl (C=O) groups is 2. The minimum absolute atomic E-state index is 0.0871. The summed E-state index contributed by atoms with van der Waals surface area (Å²) in [5.74, 6) is -0.121. The molecule has 0 aliphatic heterocycles. The van der Waals surface area contributed by atoms with Gasteiger partial charge >= 0.3 is 0 Å². The van der Waals surface area contributed by atoms with Gasteiger partial charge in [-0.05, 0) is 12.8 Å². The summed E-state index contributed by atoms with van der Waals surface area (Å²) in [7, 11) is 1.62. The molecule has 0 aromatic rings. The maximum Gasteiger partial charge on any atom is 0.239 e. The number of amides is 2. The van der Waals surface area contributed by atoms with Gasteiger partial charge in [0.2, 0.25) is 11.8 Å². The lowest BCUT2D eigenvalue weighted by molar-refractivity contribution is -0.137. The number of nitrogens with zero attached hydrogens (tertiary/aromatic N) is 1. The zero-order valence-electron chi connectivity index (χ0n) is 9.12. The van der Waals surface area contributed by atoms with Gasteiger partial charge in [0.05, 0.1) is 6.54 Å². The molecule has 5 heteroatoms. The fourth-order valence-corrected chi connectivity index (χ4v) is 1.37. The Kier molecular flexibility index (Phi) is 4.39. The van der Waals surface area contributed by atoms with Gasteiger partial charge in [0.25, 0.3) is 0 Å². The summed E-state index contributed by atoms with van der Waals surface area (Å²) in [6.07, 6.45) is 2.11. The molecule has 0 bridgehead atoms. The molecule has 0 heterocycles. The number of likely N-dealkylation sites (N-methyl/N-ethyl adjacent to an activating group) is 1. The number of halogens is 1. The second kappa shape index (κ2) is 5.35. The molecule has 1 rings (SSSR count). The molecular weight excluding hydrogens is 216 g/mol. The highest BCUT2D eigenvalue weighted by atomic mass is 35.5. The van der Waals surface area contributed by atoms with Crippen LogP contribution in [-0.2, 0) is 9.59 Å². The third kappa shape index (κ3) is 4.08. The molecule has 0 spiro atoms. The van der Waals surface area contributed by atoms with Crippen LogP contribution in [0.3, 0.4) is 0 Å². The lowest BCUT2D eigenvalue weighted by Gasteiger charge is -2.19. The monoisotopic (exact) mass is 232 g/mol. The van der Waals surface area contributed by atoms with Crippen LogP contribution in [0.5, 0.6) is 0 Å². The summed E-state index contributed by atoms with van der Waals surface area (Å²) in [5, 5.41) is 2.83. The van der Waals surface area contributed by atoms with Gasteiger partial charge in [-0.25, -0.2) is 0 Å². The molecule has 4 nitrogen and oxygen atoms in total. The molecule has 1 saturated carbocycles. The molecule has 1 aliphatic carbocycles. The SMILES string of the molecule is CC(CCl)C(=O)N(C)CC(=O)NC1CC1. The minimum atomic E-state index is -0.231. The van der Waals surface area contributed by atoms with Crippen molar-refractivity contribution in [2.24, 2.45) is 5.92 Å². The molecule has 1 unspecified atom stereocenters. The summed E-state index contributed by atoms with van der Waals surface area (Å²) in [6.45, 7) is 1.88. The minimum Gasteiger partial charge on any atom is -0.352 e. The van der Waals surface area contributed by atoms with Crippen LogP contribution >= 0.6 is 11.6 Å². The van der Waals surface area contributed by atoms with Crippen LogP contribution < -0.4 is 5.32 Å². The van der Waals surface area contributed by atoms with Crippen LogP contribution in [0, 0.1) is 5.92 Å². The largest absolute Gasteiger partial charge is 0.352 e. The van der Waals surface area contributed by atoms with E-state index in [2.05, 4.69) is 5.32 Å². The number of nitrogens with one attached hydrogen (secondary N) is 1. The molecule has 2 amide bonds. The van der Waals surface area contributed by atoms with Crippen molar-refractivity contribution in [3.05, 3.63) is 0 Å². The number of hydrogen-bond donors (Lipinski definition) is 1. The molecule has 0 aromatic carbocycles. The second-order valence-corrected chi connectivity index (χ2v) is 4.40. The first-order chi connectivity index (χ1) is 7.04. The van der Waals surface area contributed by atoms with Gasteiger partial charge in [0.1, 0.15) is 0 Å². The zero-order chi connectivity index (χ0) is 11.4. The van der Waals surface area contributed by atoms with Crippen molar-refractivity contribution in [1.82, 2.24) is 10.2 Å². The normalized spacial score (nSPS) is 17.0. The van der Waals surface area contributed by atoms with Crippen LogP contribution in [0.2, 0.25) is 0 Å². The maximum atomic E-state index is 11.6. The average molecular weight is 233 g/mol. The van der Waals surface area contributed by atoms with Crippen LogP contribution in [0.15, 0.2) is 0 Å². The molecular formula is C10H17ClN2O2. The van der Waals surface area contributed by atoms with Gasteiger partial charge < -0.3 is 10.2 Å². The van der Waals surface area contributed by atoms with Crippen molar-refractivity contribution >= 4 is 23.4 Å². The van der Waals surface area contributed by atoms with E-state index in [4.69, 9.17) is 11.6 Å². The fraction of sp³-hybridized carbons (Fsp3) is 0.800. The summed E-state index contributed by atoms with van der Waals surface area (Å²) in [5.41, 5.74) is 0. The summed E-state index contributed by atoms with van der Waals surface area (Å²) in [4.78, 5) is 24.4. The topological polar surface area (TPSA) is 49.4 Å². The molecule has 15 heavy (non-hydrogen) atoms. The first kappa shape index (κ1) is 12.3. The van der Waals surface area contributed by atoms with E-state index >= 15 is 0 Å². The van der Waals surface area contributed by atoms with Crippen LogP contribution in [0.1, 0.15) is 19.8 Å². The van der Waals surface area contributed by atoms with Crippen molar-refractivity contribution in [3.8, 4) is 0 Å². The molecule has 1 fully saturated rings. The smallest absolute Gasteiger partial charge is 0.239 e. The molecule has 0 radical (unpaired) electrons. The predicted molar refractivity (Wildman–Crippen MR) is 58.7 cm³/mol. The lowest BCUT2D eigenvalue weighted by atomic mass is 10.2. The summed E-state index contributed by atoms with van der Waals surface area (Å²) >= 11 is 5.57. The highest BCUT2D eigenvalue weighted by Crippen LogP contribution is 2.18. The lowest BCUT2D eigenvalue weighted by Crippen LogP contribution is -2.41. The number of rotatable bonds is 5. The Bertz CT molecular complexity index is 254. The molecule has 0 saturated heterocycles. The Morgan fingerprint density at radius 1 is 1.53 bits per heavy atom. The first-order valence-electron chi connectivity index (χ1n) is 5.15. The third-order valence-electron chi connectivity index (χ3n) is 2.35. The summed E-state index contributed by atoms with van der Waals surface area (Å²) < 4.78 is 0. The van der Waals surface area contributed by atoms with Gasteiger partial charge in [-0.3, -0.25) is 9.59 Å². The zero-order valence-corrected chi connectivity index (χ0v) is 9.88. The molecule has 1 atom stereocenters. The number of alkyl halides is 1. The third-order valence-corrected chi connectivity index (χ3v) is 2.82. The average Bonchev–Trinajstić information content (AvgIpc) is 2.98. The van der Waals surface area contributed by atoms with E-state index in [1.54, 1.807) is 14.0 Å². The second-order valence-electron chi connectivity index (χ2n) is 4.09. The van der Waals surface area contributed by atoms with Gasteiger partial charge in [-0.1, -0.05) is 6.92 Å². The van der Waals surface area contributed by atoms with E-state index in [-0.39, 0.29) is 30.2 Å².